The van der Waals surface area contributed by atoms with E-state index in [0.717, 1.165) is 12.1 Å². The van der Waals surface area contributed by atoms with E-state index >= 15 is 0 Å². The molecule has 0 unspecified atom stereocenters. The molecule has 6 heteroatoms. The Morgan fingerprint density at radius 1 is 1.19 bits per heavy atom. The van der Waals surface area contributed by atoms with Gasteiger partial charge in [-0.15, -0.1) is 0 Å². The van der Waals surface area contributed by atoms with Gasteiger partial charge >= 0.3 is 11.6 Å². The number of esters is 1. The van der Waals surface area contributed by atoms with Crippen molar-refractivity contribution in [3.63, 3.8) is 0 Å². The molecular weight excluding hydrogens is 334 g/mol. The van der Waals surface area contributed by atoms with E-state index in [1.165, 1.54) is 18.7 Å². The van der Waals surface area contributed by atoms with Crippen molar-refractivity contribution in [1.29, 1.82) is 0 Å². The highest BCUT2D eigenvalue weighted by Crippen LogP contribution is 2.32. The Labute approximate surface area is 149 Å². The highest BCUT2D eigenvalue weighted by atomic mass is 16.5. The zero-order chi connectivity index (χ0) is 18.1. The van der Waals surface area contributed by atoms with E-state index in [1.807, 2.05) is 24.3 Å². The van der Waals surface area contributed by atoms with Crippen molar-refractivity contribution in [1.82, 2.24) is 4.90 Å². The minimum Gasteiger partial charge on any atom is -0.478 e. The molecule has 2 heterocycles. The molecule has 6 nitrogen and oxygen atoms in total. The number of hydrogen-bond donors (Lipinski definition) is 0. The average molecular weight is 351 g/mol. The number of benzene rings is 2. The SMILES string of the molecule is COC(=O)c1cc2ccc3c(c2oc1=O)CN(Cc1ccccc1)CO3. The van der Waals surface area contributed by atoms with Gasteiger partial charge in [-0.3, -0.25) is 4.90 Å². The predicted octanol–water partition coefficient (Wildman–Crippen LogP) is 2.93. The predicted molar refractivity (Wildman–Crippen MR) is 95.0 cm³/mol. The van der Waals surface area contributed by atoms with Crippen molar-refractivity contribution in [3.05, 3.63) is 75.6 Å². The molecule has 0 spiro atoms. The van der Waals surface area contributed by atoms with Crippen LogP contribution < -0.4 is 10.4 Å². The van der Waals surface area contributed by atoms with Crippen LogP contribution in [0.4, 0.5) is 0 Å². The summed E-state index contributed by atoms with van der Waals surface area (Å²) in [6.07, 6.45) is 0. The number of rotatable bonds is 3. The van der Waals surface area contributed by atoms with Crippen LogP contribution in [0.3, 0.4) is 0 Å². The molecule has 0 saturated carbocycles. The third-order valence-electron chi connectivity index (χ3n) is 4.40. The molecule has 1 aliphatic heterocycles. The third kappa shape index (κ3) is 2.95. The first kappa shape index (κ1) is 16.4. The monoisotopic (exact) mass is 351 g/mol. The first-order valence-corrected chi connectivity index (χ1v) is 8.23. The summed E-state index contributed by atoms with van der Waals surface area (Å²) in [6, 6.07) is 15.2. The summed E-state index contributed by atoms with van der Waals surface area (Å²) in [5.41, 5.74) is 1.60. The Morgan fingerprint density at radius 2 is 2.00 bits per heavy atom. The minimum absolute atomic E-state index is 0.113. The number of ether oxygens (including phenoxy) is 2. The van der Waals surface area contributed by atoms with Gasteiger partial charge in [0, 0.05) is 18.5 Å². The molecule has 132 valence electrons. The molecule has 0 fully saturated rings. The molecule has 0 aliphatic carbocycles. The Kier molecular flexibility index (Phi) is 4.18. The number of fused-ring (bicyclic) bond motifs is 3. The van der Waals surface area contributed by atoms with Crippen molar-refractivity contribution in [3.8, 4) is 5.75 Å². The van der Waals surface area contributed by atoms with Crippen LogP contribution in [-0.4, -0.2) is 24.7 Å². The zero-order valence-electron chi connectivity index (χ0n) is 14.2. The van der Waals surface area contributed by atoms with Crippen molar-refractivity contribution < 1.29 is 18.7 Å². The van der Waals surface area contributed by atoms with Crippen LogP contribution in [0, 0.1) is 0 Å². The molecule has 1 aromatic heterocycles. The van der Waals surface area contributed by atoms with E-state index in [1.54, 1.807) is 6.07 Å². The van der Waals surface area contributed by atoms with E-state index in [4.69, 9.17) is 9.15 Å². The first-order valence-electron chi connectivity index (χ1n) is 8.23. The fraction of sp³-hybridized carbons (Fsp3) is 0.200. The van der Waals surface area contributed by atoms with E-state index in [0.29, 0.717) is 30.0 Å². The largest absolute Gasteiger partial charge is 0.478 e. The van der Waals surface area contributed by atoms with Crippen molar-refractivity contribution >= 4 is 16.9 Å². The second kappa shape index (κ2) is 6.65. The molecule has 4 rings (SSSR count). The fourth-order valence-electron chi connectivity index (χ4n) is 3.13. The van der Waals surface area contributed by atoms with Gasteiger partial charge in [-0.05, 0) is 23.8 Å². The number of methoxy groups -OCH3 is 1. The van der Waals surface area contributed by atoms with Gasteiger partial charge in [0.15, 0.2) is 0 Å². The van der Waals surface area contributed by atoms with Gasteiger partial charge in [-0.1, -0.05) is 30.3 Å². The Morgan fingerprint density at radius 3 is 2.77 bits per heavy atom. The van der Waals surface area contributed by atoms with Crippen LogP contribution in [0.1, 0.15) is 21.5 Å². The van der Waals surface area contributed by atoms with Crippen molar-refractivity contribution in [2.45, 2.75) is 13.1 Å². The second-order valence-corrected chi connectivity index (χ2v) is 6.15. The minimum atomic E-state index is -0.710. The number of hydrogen-bond acceptors (Lipinski definition) is 6. The molecule has 2 aromatic carbocycles. The van der Waals surface area contributed by atoms with Crippen LogP contribution in [0.2, 0.25) is 0 Å². The van der Waals surface area contributed by atoms with Crippen molar-refractivity contribution in [2.75, 3.05) is 13.8 Å². The van der Waals surface area contributed by atoms with Gasteiger partial charge in [-0.2, -0.15) is 0 Å². The molecule has 26 heavy (non-hydrogen) atoms. The first-order chi connectivity index (χ1) is 12.7. The Balaban J connectivity index is 1.71. The van der Waals surface area contributed by atoms with E-state index in [-0.39, 0.29) is 5.56 Å². The van der Waals surface area contributed by atoms with E-state index < -0.39 is 11.6 Å². The zero-order valence-corrected chi connectivity index (χ0v) is 14.2. The third-order valence-corrected chi connectivity index (χ3v) is 4.40. The second-order valence-electron chi connectivity index (χ2n) is 6.15. The number of carbonyl (C=O) groups is 1. The van der Waals surface area contributed by atoms with Crippen molar-refractivity contribution in [2.24, 2.45) is 0 Å². The Bertz CT molecular complexity index is 1030. The van der Waals surface area contributed by atoms with E-state index in [9.17, 15) is 9.59 Å². The van der Waals surface area contributed by atoms with Gasteiger partial charge in [0.1, 0.15) is 23.6 Å². The molecule has 3 aromatic rings. The van der Waals surface area contributed by atoms with Crippen LogP contribution in [-0.2, 0) is 17.8 Å². The maximum atomic E-state index is 12.2. The van der Waals surface area contributed by atoms with Crippen LogP contribution >= 0.6 is 0 Å². The quantitative estimate of drug-likeness (QED) is 0.534. The highest BCUT2D eigenvalue weighted by Gasteiger charge is 2.23. The molecule has 1 aliphatic rings. The lowest BCUT2D eigenvalue weighted by Crippen LogP contribution is -2.31. The normalized spacial score (nSPS) is 13.9. The average Bonchev–Trinajstić information content (AvgIpc) is 2.67. The van der Waals surface area contributed by atoms with Gasteiger partial charge in [0.2, 0.25) is 0 Å². The summed E-state index contributed by atoms with van der Waals surface area (Å²) < 4.78 is 15.9. The summed E-state index contributed by atoms with van der Waals surface area (Å²) in [6.45, 7) is 1.76. The van der Waals surface area contributed by atoms with Crippen LogP contribution in [0.15, 0.2) is 57.7 Å². The van der Waals surface area contributed by atoms with Gasteiger partial charge < -0.3 is 13.9 Å². The van der Waals surface area contributed by atoms with Crippen LogP contribution in [0.25, 0.3) is 11.0 Å². The molecule has 0 atom stereocenters. The maximum Gasteiger partial charge on any atom is 0.351 e. The lowest BCUT2D eigenvalue weighted by Gasteiger charge is -2.29. The molecule has 0 N–H and O–H groups in total. The lowest BCUT2D eigenvalue weighted by atomic mass is 10.1. The van der Waals surface area contributed by atoms with Gasteiger partial charge in [-0.25, -0.2) is 9.59 Å². The topological polar surface area (TPSA) is 69.0 Å². The summed E-state index contributed by atoms with van der Waals surface area (Å²) in [7, 11) is 1.23. The summed E-state index contributed by atoms with van der Waals surface area (Å²) in [5.74, 6) is -0.0175. The standard InChI is InChI=1S/C20H17NO5/c1-24-19(22)15-9-14-7-8-17-16(18(14)26-20(15)23)11-21(12-25-17)10-13-5-3-2-4-6-13/h2-9H,10-12H2,1H3. The molecular formula is C20H17NO5. The summed E-state index contributed by atoms with van der Waals surface area (Å²) in [5, 5.41) is 0.661. The number of nitrogens with zero attached hydrogens (tertiary/aromatic N) is 1. The Hall–Kier alpha value is -3.12. The van der Waals surface area contributed by atoms with Gasteiger partial charge in [0.05, 0.1) is 12.7 Å². The fourth-order valence-corrected chi connectivity index (χ4v) is 3.13. The van der Waals surface area contributed by atoms with Crippen LogP contribution in [0.5, 0.6) is 5.75 Å². The summed E-state index contributed by atoms with van der Waals surface area (Å²) in [4.78, 5) is 26.0. The summed E-state index contributed by atoms with van der Waals surface area (Å²) >= 11 is 0. The molecule has 0 saturated heterocycles. The highest BCUT2D eigenvalue weighted by molar-refractivity contribution is 5.93. The maximum absolute atomic E-state index is 12.2. The molecule has 0 bridgehead atoms. The molecule has 0 radical (unpaired) electrons. The number of carbonyl (C=O) groups excluding carboxylic acids is 1. The smallest absolute Gasteiger partial charge is 0.351 e. The lowest BCUT2D eigenvalue weighted by molar-refractivity contribution is 0.0596. The molecule has 0 amide bonds. The van der Waals surface area contributed by atoms with Gasteiger partial charge in [0.25, 0.3) is 0 Å². The van der Waals surface area contributed by atoms with E-state index in [2.05, 4.69) is 21.8 Å².